The molecule has 0 aliphatic heterocycles. The van der Waals surface area contributed by atoms with Crippen molar-refractivity contribution < 1.29 is 9.26 Å². The molecule has 17 heavy (non-hydrogen) atoms. The van der Waals surface area contributed by atoms with Gasteiger partial charge in [-0.15, -0.1) is 0 Å². The van der Waals surface area contributed by atoms with Gasteiger partial charge in [0.25, 0.3) is 0 Å². The summed E-state index contributed by atoms with van der Waals surface area (Å²) in [5, 5.41) is 7.39. The summed E-state index contributed by atoms with van der Waals surface area (Å²) in [6.45, 7) is 7.95. The highest BCUT2D eigenvalue weighted by atomic mass is 16.5. The molecule has 0 fully saturated rings. The average Bonchev–Trinajstić information content (AvgIpc) is 2.81. The van der Waals surface area contributed by atoms with Crippen LogP contribution in [0.25, 0.3) is 0 Å². The maximum Gasteiger partial charge on any atom is 0.231 e. The maximum absolute atomic E-state index is 5.30. The topological polar surface area (TPSA) is 60.2 Å². The van der Waals surface area contributed by atoms with Crippen LogP contribution in [0.5, 0.6) is 0 Å². The Balaban J connectivity index is 2.61. The van der Waals surface area contributed by atoms with Crippen molar-refractivity contribution in [1.29, 1.82) is 0 Å². The van der Waals surface area contributed by atoms with E-state index in [1.165, 1.54) is 0 Å². The van der Waals surface area contributed by atoms with E-state index in [1.807, 2.05) is 0 Å². The van der Waals surface area contributed by atoms with E-state index < -0.39 is 0 Å². The minimum absolute atomic E-state index is 0.240. The van der Waals surface area contributed by atoms with Gasteiger partial charge in [0.05, 0.1) is 12.5 Å². The van der Waals surface area contributed by atoms with E-state index in [0.717, 1.165) is 18.8 Å². The summed E-state index contributed by atoms with van der Waals surface area (Å²) in [5.74, 6) is 1.67. The molecule has 2 unspecified atom stereocenters. The predicted molar refractivity (Wildman–Crippen MR) is 66.0 cm³/mol. The molecule has 0 aromatic carbocycles. The van der Waals surface area contributed by atoms with Crippen LogP contribution < -0.4 is 5.32 Å². The summed E-state index contributed by atoms with van der Waals surface area (Å²) in [6, 6.07) is 0.385. The highest BCUT2D eigenvalue weighted by molar-refractivity contribution is 4.97. The van der Waals surface area contributed by atoms with Crippen LogP contribution >= 0.6 is 0 Å². The third-order valence-corrected chi connectivity index (χ3v) is 2.91. The first-order valence-electron chi connectivity index (χ1n) is 6.27. The van der Waals surface area contributed by atoms with Gasteiger partial charge in [-0.2, -0.15) is 4.98 Å². The van der Waals surface area contributed by atoms with Crippen LogP contribution in [0.1, 0.15) is 44.8 Å². The molecule has 1 aromatic rings. The Morgan fingerprint density at radius 1 is 1.41 bits per heavy atom. The fourth-order valence-corrected chi connectivity index (χ4v) is 1.86. The van der Waals surface area contributed by atoms with Crippen LogP contribution in [-0.2, 0) is 11.2 Å². The first-order valence-corrected chi connectivity index (χ1v) is 6.27. The van der Waals surface area contributed by atoms with Gasteiger partial charge >= 0.3 is 0 Å². The number of hydrogen-bond acceptors (Lipinski definition) is 5. The van der Waals surface area contributed by atoms with Crippen LogP contribution in [-0.4, -0.2) is 36.4 Å². The minimum Gasteiger partial charge on any atom is -0.384 e. The Bertz CT molecular complexity index is 314. The molecule has 0 aliphatic carbocycles. The molecule has 0 saturated heterocycles. The zero-order valence-electron chi connectivity index (χ0n) is 11.2. The molecule has 0 amide bonds. The van der Waals surface area contributed by atoms with Crippen molar-refractivity contribution in [3.05, 3.63) is 11.7 Å². The fraction of sp³-hybridized carbons (Fsp3) is 0.833. The van der Waals surface area contributed by atoms with Gasteiger partial charge in [-0.3, -0.25) is 0 Å². The average molecular weight is 241 g/mol. The molecular formula is C12H23N3O2. The molecule has 1 aromatic heterocycles. The van der Waals surface area contributed by atoms with Crippen molar-refractivity contribution in [3.63, 3.8) is 0 Å². The highest BCUT2D eigenvalue weighted by Gasteiger charge is 2.21. The van der Waals surface area contributed by atoms with E-state index in [-0.39, 0.29) is 5.92 Å². The standard InChI is InChI=1S/C12H23N3O2/c1-5-10(13-6-2)9(3)12-14-11(15-17-12)7-8-16-4/h9-10,13H,5-8H2,1-4H3. The number of nitrogens with one attached hydrogen (secondary N) is 1. The van der Waals surface area contributed by atoms with Crippen molar-refractivity contribution in [2.75, 3.05) is 20.3 Å². The van der Waals surface area contributed by atoms with Gasteiger partial charge in [0.15, 0.2) is 5.82 Å². The van der Waals surface area contributed by atoms with Crippen molar-refractivity contribution in [2.45, 2.75) is 45.6 Å². The number of aromatic nitrogens is 2. The smallest absolute Gasteiger partial charge is 0.231 e. The highest BCUT2D eigenvalue weighted by Crippen LogP contribution is 2.19. The number of rotatable bonds is 8. The fourth-order valence-electron chi connectivity index (χ4n) is 1.86. The third-order valence-electron chi connectivity index (χ3n) is 2.91. The Morgan fingerprint density at radius 2 is 2.18 bits per heavy atom. The van der Waals surface area contributed by atoms with Crippen LogP contribution in [0.3, 0.4) is 0 Å². The Kier molecular flexibility index (Phi) is 6.15. The van der Waals surface area contributed by atoms with Gasteiger partial charge in [0.2, 0.25) is 5.89 Å². The van der Waals surface area contributed by atoms with Crippen LogP contribution in [0, 0.1) is 0 Å². The van der Waals surface area contributed by atoms with Crippen molar-refractivity contribution in [3.8, 4) is 0 Å². The van der Waals surface area contributed by atoms with Gasteiger partial charge in [0, 0.05) is 19.6 Å². The van der Waals surface area contributed by atoms with Crippen LogP contribution in [0.4, 0.5) is 0 Å². The zero-order chi connectivity index (χ0) is 12.7. The number of ether oxygens (including phenoxy) is 1. The second-order valence-electron chi connectivity index (χ2n) is 4.15. The summed E-state index contributed by atoms with van der Waals surface area (Å²) in [6.07, 6.45) is 1.75. The molecule has 0 spiro atoms. The molecule has 0 radical (unpaired) electrons. The molecule has 98 valence electrons. The van der Waals surface area contributed by atoms with E-state index in [1.54, 1.807) is 7.11 Å². The second kappa shape index (κ2) is 7.40. The van der Waals surface area contributed by atoms with Gasteiger partial charge in [-0.25, -0.2) is 0 Å². The lowest BCUT2D eigenvalue weighted by Gasteiger charge is -2.20. The summed E-state index contributed by atoms with van der Waals surface area (Å²) in [4.78, 5) is 4.40. The quantitative estimate of drug-likeness (QED) is 0.751. The van der Waals surface area contributed by atoms with Crippen molar-refractivity contribution in [2.24, 2.45) is 0 Å². The summed E-state index contributed by atoms with van der Waals surface area (Å²) < 4.78 is 10.3. The van der Waals surface area contributed by atoms with Crippen LogP contribution in [0.2, 0.25) is 0 Å². The third kappa shape index (κ3) is 4.09. The Hall–Kier alpha value is -0.940. The second-order valence-corrected chi connectivity index (χ2v) is 4.15. The van der Waals surface area contributed by atoms with Crippen molar-refractivity contribution in [1.82, 2.24) is 15.5 Å². The van der Waals surface area contributed by atoms with E-state index >= 15 is 0 Å². The minimum atomic E-state index is 0.240. The largest absolute Gasteiger partial charge is 0.384 e. The molecule has 2 atom stereocenters. The molecule has 0 bridgehead atoms. The summed E-state index contributed by atoms with van der Waals surface area (Å²) in [7, 11) is 1.67. The van der Waals surface area contributed by atoms with Gasteiger partial charge in [-0.1, -0.05) is 25.9 Å². The monoisotopic (exact) mass is 241 g/mol. The predicted octanol–water partition coefficient (Wildman–Crippen LogP) is 1.75. The van der Waals surface area contributed by atoms with Gasteiger partial charge in [-0.05, 0) is 13.0 Å². The number of methoxy groups -OCH3 is 1. The van der Waals surface area contributed by atoms with Gasteiger partial charge < -0.3 is 14.6 Å². The zero-order valence-corrected chi connectivity index (χ0v) is 11.2. The number of nitrogens with zero attached hydrogens (tertiary/aromatic N) is 2. The normalized spacial score (nSPS) is 14.8. The number of hydrogen-bond donors (Lipinski definition) is 1. The molecule has 1 rings (SSSR count). The van der Waals surface area contributed by atoms with Gasteiger partial charge in [0.1, 0.15) is 0 Å². The van der Waals surface area contributed by atoms with E-state index in [0.29, 0.717) is 25.0 Å². The SMILES string of the molecule is CCNC(CC)C(C)c1nc(CCOC)no1. The maximum atomic E-state index is 5.30. The molecule has 1 N–H and O–H groups in total. The molecular weight excluding hydrogens is 218 g/mol. The van der Waals surface area contributed by atoms with E-state index in [4.69, 9.17) is 9.26 Å². The van der Waals surface area contributed by atoms with E-state index in [9.17, 15) is 0 Å². The molecule has 0 saturated carbocycles. The first-order chi connectivity index (χ1) is 8.22. The Labute approximate surface area is 103 Å². The molecule has 1 heterocycles. The molecule has 5 nitrogen and oxygen atoms in total. The lowest BCUT2D eigenvalue weighted by atomic mass is 9.99. The molecule has 5 heteroatoms. The Morgan fingerprint density at radius 3 is 2.76 bits per heavy atom. The number of likely N-dealkylation sites (N-methyl/N-ethyl adjacent to an activating group) is 1. The van der Waals surface area contributed by atoms with E-state index in [2.05, 4.69) is 36.2 Å². The summed E-state index contributed by atoms with van der Waals surface area (Å²) >= 11 is 0. The lowest BCUT2D eigenvalue weighted by molar-refractivity contribution is 0.199. The van der Waals surface area contributed by atoms with Crippen LogP contribution in [0.15, 0.2) is 4.52 Å². The molecule has 0 aliphatic rings. The van der Waals surface area contributed by atoms with Crippen molar-refractivity contribution >= 4 is 0 Å². The first kappa shape index (κ1) is 14.1. The lowest BCUT2D eigenvalue weighted by Crippen LogP contribution is -2.33. The summed E-state index contributed by atoms with van der Waals surface area (Å²) in [5.41, 5.74) is 0.